The Bertz CT molecular complexity index is 348. The third-order valence-corrected chi connectivity index (χ3v) is 1.38. The SMILES string of the molecule is N/C(=N/O)NOCCC(N)C(=O)O.O=C(O)C(F)(F)F. The van der Waals surface area contributed by atoms with Crippen LogP contribution in [0.15, 0.2) is 5.16 Å². The van der Waals surface area contributed by atoms with E-state index in [0.717, 1.165) is 0 Å². The van der Waals surface area contributed by atoms with E-state index in [2.05, 4.69) is 15.5 Å². The molecule has 0 aliphatic rings. The van der Waals surface area contributed by atoms with Gasteiger partial charge in [0.2, 0.25) is 0 Å². The third kappa shape index (κ3) is 12.2. The summed E-state index contributed by atoms with van der Waals surface area (Å²) in [5.74, 6) is -4.18. The second-order valence-electron chi connectivity index (χ2n) is 2.97. The van der Waals surface area contributed by atoms with Crippen molar-refractivity contribution < 1.29 is 43.0 Å². The number of guanidine groups is 1. The lowest BCUT2D eigenvalue weighted by atomic mass is 10.2. The Balaban J connectivity index is 0. The fourth-order valence-electron chi connectivity index (χ4n) is 0.455. The van der Waals surface area contributed by atoms with Gasteiger partial charge in [-0.15, -0.1) is 0 Å². The largest absolute Gasteiger partial charge is 0.490 e. The number of nitrogens with zero attached hydrogens (tertiary/aromatic N) is 1. The Hall–Kier alpha value is -2.28. The van der Waals surface area contributed by atoms with E-state index < -0.39 is 24.2 Å². The van der Waals surface area contributed by atoms with Gasteiger partial charge >= 0.3 is 18.1 Å². The smallest absolute Gasteiger partial charge is 0.480 e. The molecular weight excluding hydrogens is 293 g/mol. The second kappa shape index (κ2) is 9.62. The molecule has 0 aromatic carbocycles. The van der Waals surface area contributed by atoms with Crippen LogP contribution >= 0.6 is 0 Å². The molecule has 0 saturated carbocycles. The van der Waals surface area contributed by atoms with Crippen LogP contribution in [0.2, 0.25) is 0 Å². The van der Waals surface area contributed by atoms with Gasteiger partial charge in [0.1, 0.15) is 6.04 Å². The van der Waals surface area contributed by atoms with Crippen LogP contribution in [0.4, 0.5) is 13.2 Å². The van der Waals surface area contributed by atoms with Crippen LogP contribution in [0, 0.1) is 0 Å². The van der Waals surface area contributed by atoms with Crippen molar-refractivity contribution in [2.24, 2.45) is 16.6 Å². The minimum atomic E-state index is -5.08. The fraction of sp³-hybridized carbons (Fsp3) is 0.571. The van der Waals surface area contributed by atoms with E-state index >= 15 is 0 Å². The summed E-state index contributed by atoms with van der Waals surface area (Å²) in [7, 11) is 0. The number of aliphatic carboxylic acids is 2. The molecule has 0 aromatic rings. The lowest BCUT2D eigenvalue weighted by Gasteiger charge is -2.06. The summed E-state index contributed by atoms with van der Waals surface area (Å²) in [6.45, 7) is 0.0453. The Morgan fingerprint density at radius 1 is 1.35 bits per heavy atom. The van der Waals surface area contributed by atoms with Crippen molar-refractivity contribution in [3.05, 3.63) is 0 Å². The summed E-state index contributed by atoms with van der Waals surface area (Å²) in [4.78, 5) is 23.7. The fourth-order valence-corrected chi connectivity index (χ4v) is 0.455. The molecule has 13 heteroatoms. The molecule has 0 radical (unpaired) electrons. The van der Waals surface area contributed by atoms with Crippen LogP contribution in [0.5, 0.6) is 0 Å². The molecule has 0 aromatic heterocycles. The van der Waals surface area contributed by atoms with Crippen LogP contribution in [0.3, 0.4) is 0 Å². The molecule has 1 atom stereocenters. The third-order valence-electron chi connectivity index (χ3n) is 1.38. The van der Waals surface area contributed by atoms with Crippen LogP contribution in [0.1, 0.15) is 6.42 Å². The molecule has 0 amide bonds. The number of hydrogen-bond acceptors (Lipinski definition) is 6. The highest BCUT2D eigenvalue weighted by Crippen LogP contribution is 2.13. The van der Waals surface area contributed by atoms with Gasteiger partial charge in [-0.1, -0.05) is 0 Å². The second-order valence-corrected chi connectivity index (χ2v) is 2.97. The number of carboxylic acid groups (broad SMARTS) is 2. The lowest BCUT2D eigenvalue weighted by molar-refractivity contribution is -0.192. The molecule has 20 heavy (non-hydrogen) atoms. The number of carboxylic acids is 2. The number of nitrogens with one attached hydrogen (secondary N) is 1. The Labute approximate surface area is 109 Å². The standard InChI is InChI=1S/C5H12N4O4.C2HF3O2/c6-3(4(10)11)1-2-13-9-5(7)8-12;3-2(4,5)1(6)7/h3,12H,1-2,6H2,(H,10,11)(H3,7,8,9);(H,6,7). The molecule has 1 unspecified atom stereocenters. The molecule has 0 fully saturated rings. The Morgan fingerprint density at radius 2 is 1.80 bits per heavy atom. The first-order valence-corrected chi connectivity index (χ1v) is 4.66. The van der Waals surface area contributed by atoms with Gasteiger partial charge < -0.3 is 26.9 Å². The van der Waals surface area contributed by atoms with Gasteiger partial charge in [0.15, 0.2) is 0 Å². The topological polar surface area (TPSA) is 180 Å². The van der Waals surface area contributed by atoms with Gasteiger partial charge in [-0.25, -0.2) is 10.3 Å². The number of oxime groups is 1. The lowest BCUT2D eigenvalue weighted by Crippen LogP contribution is -2.35. The number of alkyl halides is 3. The van der Waals surface area contributed by atoms with Gasteiger partial charge in [-0.3, -0.25) is 9.63 Å². The predicted octanol–water partition coefficient (Wildman–Crippen LogP) is -1.35. The summed E-state index contributed by atoms with van der Waals surface area (Å²) in [6, 6.07) is -0.978. The van der Waals surface area contributed by atoms with E-state index in [1.165, 1.54) is 0 Å². The summed E-state index contributed by atoms with van der Waals surface area (Å²) in [5.41, 5.74) is 12.2. The van der Waals surface area contributed by atoms with Crippen molar-refractivity contribution in [3.63, 3.8) is 0 Å². The molecule has 0 aliphatic carbocycles. The summed E-state index contributed by atoms with van der Waals surface area (Å²) >= 11 is 0. The highest BCUT2D eigenvalue weighted by atomic mass is 19.4. The zero-order valence-corrected chi connectivity index (χ0v) is 9.79. The monoisotopic (exact) mass is 306 g/mol. The maximum absolute atomic E-state index is 10.6. The van der Waals surface area contributed by atoms with Gasteiger partial charge in [-0.2, -0.15) is 13.2 Å². The average Bonchev–Trinajstić information content (AvgIpc) is 2.33. The van der Waals surface area contributed by atoms with Gasteiger partial charge in [-0.05, 0) is 11.6 Å². The number of nitrogens with two attached hydrogens (primary N) is 2. The number of halogens is 3. The average molecular weight is 306 g/mol. The van der Waals surface area contributed by atoms with E-state index in [1.807, 2.05) is 0 Å². The Morgan fingerprint density at radius 3 is 2.10 bits per heavy atom. The van der Waals surface area contributed by atoms with E-state index in [4.69, 9.17) is 31.7 Å². The van der Waals surface area contributed by atoms with Crippen LogP contribution in [0.25, 0.3) is 0 Å². The highest BCUT2D eigenvalue weighted by molar-refractivity contribution is 5.75. The van der Waals surface area contributed by atoms with Crippen molar-refractivity contribution in [1.29, 1.82) is 0 Å². The van der Waals surface area contributed by atoms with E-state index in [1.54, 1.807) is 0 Å². The molecular formula is C7H13F3N4O6. The summed E-state index contributed by atoms with van der Waals surface area (Å²) in [6.07, 6.45) is -4.96. The maximum Gasteiger partial charge on any atom is 0.490 e. The minimum absolute atomic E-state index is 0.0453. The van der Waals surface area contributed by atoms with Crippen molar-refractivity contribution in [2.45, 2.75) is 18.6 Å². The van der Waals surface area contributed by atoms with E-state index in [-0.39, 0.29) is 19.0 Å². The number of rotatable bonds is 5. The molecule has 8 N–H and O–H groups in total. The predicted molar refractivity (Wildman–Crippen MR) is 56.4 cm³/mol. The molecule has 0 rings (SSSR count). The van der Waals surface area contributed by atoms with Crippen molar-refractivity contribution >= 4 is 17.9 Å². The van der Waals surface area contributed by atoms with Crippen molar-refractivity contribution in [2.75, 3.05) is 6.61 Å². The van der Waals surface area contributed by atoms with Crippen LogP contribution in [-0.2, 0) is 14.4 Å². The first-order chi connectivity index (χ1) is 9.02. The summed E-state index contributed by atoms with van der Waals surface area (Å²) in [5, 5.41) is 26.1. The quantitative estimate of drug-likeness (QED) is 0.117. The maximum atomic E-state index is 10.6. The molecule has 0 saturated heterocycles. The highest BCUT2D eigenvalue weighted by Gasteiger charge is 2.38. The Kier molecular flexibility index (Phi) is 9.65. The first-order valence-electron chi connectivity index (χ1n) is 4.66. The van der Waals surface area contributed by atoms with Gasteiger partial charge in [0, 0.05) is 0 Å². The zero-order valence-electron chi connectivity index (χ0n) is 9.79. The molecule has 10 nitrogen and oxygen atoms in total. The number of hydroxylamine groups is 1. The molecule has 118 valence electrons. The number of hydrogen-bond donors (Lipinski definition) is 6. The van der Waals surface area contributed by atoms with E-state index in [9.17, 15) is 18.0 Å². The van der Waals surface area contributed by atoms with Crippen molar-refractivity contribution in [3.8, 4) is 0 Å². The normalized spacial score (nSPS) is 12.9. The molecule has 0 heterocycles. The molecule has 0 aliphatic heterocycles. The first kappa shape index (κ1) is 20.0. The van der Waals surface area contributed by atoms with Crippen LogP contribution < -0.4 is 16.9 Å². The van der Waals surface area contributed by atoms with E-state index in [0.29, 0.717) is 0 Å². The number of carbonyl (C=O) groups is 2. The van der Waals surface area contributed by atoms with Crippen molar-refractivity contribution in [1.82, 2.24) is 5.48 Å². The zero-order chi connectivity index (χ0) is 16.3. The molecule has 0 spiro atoms. The molecule has 0 bridgehead atoms. The van der Waals surface area contributed by atoms with Crippen LogP contribution in [-0.4, -0.2) is 52.1 Å². The van der Waals surface area contributed by atoms with Gasteiger partial charge in [0.25, 0.3) is 5.96 Å². The minimum Gasteiger partial charge on any atom is -0.480 e. The van der Waals surface area contributed by atoms with Gasteiger partial charge in [0.05, 0.1) is 6.61 Å². The summed E-state index contributed by atoms with van der Waals surface area (Å²) < 4.78 is 31.7.